The van der Waals surface area contributed by atoms with Crippen molar-refractivity contribution in [2.45, 2.75) is 20.3 Å². The van der Waals surface area contributed by atoms with Gasteiger partial charge in [-0.15, -0.1) is 11.3 Å². The lowest BCUT2D eigenvalue weighted by Gasteiger charge is -2.14. The first-order chi connectivity index (χ1) is 36.1. The topological polar surface area (TPSA) is 69.9 Å². The third kappa shape index (κ3) is 6.25. The standard InChI is InChI=1S/C63H34N4O2S.C3H8/c1-2-14-38-35(13-1)29-32-55-56(38)50-24-12-22-48(60(50)70-55)47-21-11-23-49-57-45-19-5-3-15-39(45)40-16-4-6-20-46(40)59(57)67(58(47)49)63-65-61(36-27-30-43-41-17-7-9-25-51(41)68-53(43)33-36)64-62(66-63)37-28-31-44-42-18-8-10-26-52(42)69-54(44)34-37;1-3-2/h1-34H;3H2,1-2H3. The monoisotopic (exact) mass is 954 g/mol. The van der Waals surface area contributed by atoms with Crippen LogP contribution in [0.5, 0.6) is 0 Å². The van der Waals surface area contributed by atoms with E-state index in [0.717, 1.165) is 98.7 Å². The number of fused-ring (bicyclic) bond motifs is 19. The Balaban J connectivity index is 0.00000154. The van der Waals surface area contributed by atoms with Crippen molar-refractivity contribution in [3.05, 3.63) is 206 Å². The molecule has 344 valence electrons. The van der Waals surface area contributed by atoms with E-state index in [1.807, 2.05) is 47.7 Å². The number of benzene rings is 11. The maximum atomic E-state index is 6.47. The van der Waals surface area contributed by atoms with Gasteiger partial charge in [0.25, 0.3) is 0 Å². The average Bonchev–Trinajstić information content (AvgIpc) is 4.22. The number of thiophene rings is 1. The molecular weight excluding hydrogens is 913 g/mol. The van der Waals surface area contributed by atoms with Gasteiger partial charge in [-0.25, -0.2) is 4.98 Å². The minimum atomic E-state index is 0.511. The van der Waals surface area contributed by atoms with Crippen molar-refractivity contribution in [3.8, 4) is 39.9 Å². The highest BCUT2D eigenvalue weighted by molar-refractivity contribution is 7.26. The number of hydrogen-bond donors (Lipinski definition) is 0. The molecule has 0 amide bonds. The number of hydrogen-bond acceptors (Lipinski definition) is 6. The first-order valence-corrected chi connectivity index (χ1v) is 25.7. The van der Waals surface area contributed by atoms with Gasteiger partial charge in [-0.3, -0.25) is 4.57 Å². The summed E-state index contributed by atoms with van der Waals surface area (Å²) < 4.78 is 17.8. The van der Waals surface area contributed by atoms with Gasteiger partial charge in [-0.2, -0.15) is 9.97 Å². The first kappa shape index (κ1) is 41.6. The van der Waals surface area contributed by atoms with Crippen molar-refractivity contribution >= 4 is 130 Å². The lowest BCUT2D eigenvalue weighted by Crippen LogP contribution is -2.07. The van der Waals surface area contributed by atoms with Crippen LogP contribution >= 0.6 is 11.3 Å². The van der Waals surface area contributed by atoms with E-state index < -0.39 is 0 Å². The van der Waals surface area contributed by atoms with Crippen LogP contribution in [0.4, 0.5) is 0 Å². The van der Waals surface area contributed by atoms with Gasteiger partial charge >= 0.3 is 0 Å². The summed E-state index contributed by atoms with van der Waals surface area (Å²) in [5.41, 5.74) is 9.17. The highest BCUT2D eigenvalue weighted by Gasteiger charge is 2.26. The van der Waals surface area contributed by atoms with E-state index in [-0.39, 0.29) is 0 Å². The van der Waals surface area contributed by atoms with Crippen LogP contribution in [0.2, 0.25) is 0 Å². The molecule has 5 aromatic heterocycles. The molecular formula is C66H42N4O2S. The lowest BCUT2D eigenvalue weighted by atomic mass is 9.95. The normalized spacial score (nSPS) is 12.0. The Morgan fingerprint density at radius 1 is 0.384 bits per heavy atom. The van der Waals surface area contributed by atoms with Crippen LogP contribution < -0.4 is 0 Å². The Morgan fingerprint density at radius 2 is 0.890 bits per heavy atom. The summed E-state index contributed by atoms with van der Waals surface area (Å²) in [5.74, 6) is 1.57. The fraction of sp³-hybridized carbons (Fsp3) is 0.0455. The summed E-state index contributed by atoms with van der Waals surface area (Å²) in [6, 6.07) is 73.2. The zero-order valence-electron chi connectivity index (χ0n) is 39.9. The Kier molecular flexibility index (Phi) is 9.22. The number of rotatable bonds is 4. The van der Waals surface area contributed by atoms with Crippen molar-refractivity contribution in [2.75, 3.05) is 0 Å². The molecule has 0 atom stereocenters. The van der Waals surface area contributed by atoms with Crippen LogP contribution in [0.1, 0.15) is 20.3 Å². The van der Waals surface area contributed by atoms with E-state index in [4.69, 9.17) is 23.8 Å². The second-order valence-electron chi connectivity index (χ2n) is 18.9. The minimum Gasteiger partial charge on any atom is -0.456 e. The predicted molar refractivity (Wildman–Crippen MR) is 306 cm³/mol. The second kappa shape index (κ2) is 16.2. The number of nitrogens with zero attached hydrogens (tertiary/aromatic N) is 4. The van der Waals surface area contributed by atoms with Gasteiger partial charge in [0.05, 0.1) is 11.0 Å². The van der Waals surface area contributed by atoms with Crippen LogP contribution in [0, 0.1) is 0 Å². The van der Waals surface area contributed by atoms with E-state index in [1.54, 1.807) is 0 Å². The Bertz CT molecular complexity index is 4810. The van der Waals surface area contributed by atoms with Gasteiger partial charge in [0.2, 0.25) is 5.95 Å². The smallest absolute Gasteiger partial charge is 0.238 e. The summed E-state index contributed by atoms with van der Waals surface area (Å²) in [6.07, 6.45) is 1.25. The molecule has 0 N–H and O–H groups in total. The third-order valence-electron chi connectivity index (χ3n) is 14.4. The Morgan fingerprint density at radius 3 is 1.55 bits per heavy atom. The molecule has 16 rings (SSSR count). The fourth-order valence-corrected chi connectivity index (χ4v) is 12.6. The van der Waals surface area contributed by atoms with Crippen LogP contribution in [-0.2, 0) is 0 Å². The number of para-hydroxylation sites is 3. The fourth-order valence-electron chi connectivity index (χ4n) is 11.4. The van der Waals surface area contributed by atoms with Gasteiger partial charge < -0.3 is 8.83 Å². The summed E-state index contributed by atoms with van der Waals surface area (Å²) in [4.78, 5) is 16.5. The molecule has 11 aromatic carbocycles. The zero-order valence-corrected chi connectivity index (χ0v) is 40.7. The maximum Gasteiger partial charge on any atom is 0.238 e. The van der Waals surface area contributed by atoms with Crippen molar-refractivity contribution in [1.29, 1.82) is 0 Å². The van der Waals surface area contributed by atoms with E-state index >= 15 is 0 Å². The van der Waals surface area contributed by atoms with E-state index in [9.17, 15) is 0 Å². The molecule has 0 bridgehead atoms. The Labute approximate surface area is 422 Å². The highest BCUT2D eigenvalue weighted by Crippen LogP contribution is 2.48. The molecule has 0 aliphatic rings. The van der Waals surface area contributed by atoms with E-state index in [1.165, 1.54) is 48.1 Å². The molecule has 6 nitrogen and oxygen atoms in total. The summed E-state index contributed by atoms with van der Waals surface area (Å²) in [6.45, 7) is 4.25. The zero-order chi connectivity index (χ0) is 48.3. The van der Waals surface area contributed by atoms with Crippen LogP contribution in [0.15, 0.2) is 215 Å². The van der Waals surface area contributed by atoms with Crippen molar-refractivity contribution in [1.82, 2.24) is 19.5 Å². The SMILES string of the molecule is CCC.c1ccc2c(c1)ccc1sc3c(-c4cccc5c6c7ccccc7c7ccccc7c6n(-c6nc(-c7ccc8c(c7)oc7ccccc78)nc(-c7ccc8c(c7)oc7ccccc78)n6)c45)cccc3c12. The van der Waals surface area contributed by atoms with Crippen LogP contribution in [-0.4, -0.2) is 19.5 Å². The number of aromatic nitrogens is 4. The molecule has 73 heavy (non-hydrogen) atoms. The van der Waals surface area contributed by atoms with Gasteiger partial charge in [-0.1, -0.05) is 184 Å². The van der Waals surface area contributed by atoms with Crippen LogP contribution in [0.3, 0.4) is 0 Å². The molecule has 0 saturated heterocycles. The molecule has 0 aliphatic heterocycles. The summed E-state index contributed by atoms with van der Waals surface area (Å²) in [7, 11) is 0. The van der Waals surface area contributed by atoms with Gasteiger partial charge in [-0.05, 0) is 69.4 Å². The predicted octanol–water partition coefficient (Wildman–Crippen LogP) is 19.0. The molecule has 0 aliphatic carbocycles. The molecule has 0 fully saturated rings. The van der Waals surface area contributed by atoms with Crippen molar-refractivity contribution in [3.63, 3.8) is 0 Å². The second-order valence-corrected chi connectivity index (χ2v) is 20.0. The highest BCUT2D eigenvalue weighted by atomic mass is 32.1. The lowest BCUT2D eigenvalue weighted by molar-refractivity contribution is 0.668. The molecule has 5 heterocycles. The summed E-state index contributed by atoms with van der Waals surface area (Å²) >= 11 is 1.86. The maximum absolute atomic E-state index is 6.47. The minimum absolute atomic E-state index is 0.511. The van der Waals surface area contributed by atoms with E-state index in [0.29, 0.717) is 17.6 Å². The third-order valence-corrected chi connectivity index (χ3v) is 15.6. The molecule has 0 spiro atoms. The van der Waals surface area contributed by atoms with Gasteiger partial charge in [0, 0.05) is 80.1 Å². The van der Waals surface area contributed by atoms with Gasteiger partial charge in [0.1, 0.15) is 22.3 Å². The van der Waals surface area contributed by atoms with Crippen molar-refractivity contribution in [2.24, 2.45) is 0 Å². The largest absolute Gasteiger partial charge is 0.456 e. The molecule has 0 radical (unpaired) electrons. The number of furan rings is 2. The van der Waals surface area contributed by atoms with Gasteiger partial charge in [0.15, 0.2) is 11.6 Å². The van der Waals surface area contributed by atoms with E-state index in [2.05, 4.69) is 188 Å². The molecule has 16 aromatic rings. The molecule has 7 heteroatoms. The van der Waals surface area contributed by atoms with Crippen molar-refractivity contribution < 1.29 is 8.83 Å². The first-order valence-electron chi connectivity index (χ1n) is 24.9. The quantitative estimate of drug-likeness (QED) is 0.164. The molecule has 0 unspecified atom stereocenters. The van der Waals surface area contributed by atoms with Crippen LogP contribution in [0.25, 0.3) is 158 Å². The summed E-state index contributed by atoms with van der Waals surface area (Å²) in [5, 5.41) is 16.2. The molecule has 0 saturated carbocycles. The Hall–Kier alpha value is -9.17. The average molecular weight is 955 g/mol.